The van der Waals surface area contributed by atoms with Crippen molar-refractivity contribution in [1.82, 2.24) is 9.36 Å². The maximum absolute atomic E-state index is 12.4. The first-order chi connectivity index (χ1) is 9.98. The highest BCUT2D eigenvalue weighted by Gasteiger charge is 2.40. The van der Waals surface area contributed by atoms with Gasteiger partial charge >= 0.3 is 0 Å². The van der Waals surface area contributed by atoms with E-state index in [-0.39, 0.29) is 16.0 Å². The number of aromatic nitrogens is 2. The van der Waals surface area contributed by atoms with Crippen LogP contribution in [0.25, 0.3) is 0 Å². The van der Waals surface area contributed by atoms with Gasteiger partial charge in [-0.15, -0.1) is 0 Å². The Morgan fingerprint density at radius 1 is 1.43 bits per heavy atom. The summed E-state index contributed by atoms with van der Waals surface area (Å²) in [4.78, 5) is 4.37. The smallest absolute Gasteiger partial charge is 0.187 e. The van der Waals surface area contributed by atoms with Gasteiger partial charge in [0.1, 0.15) is 9.90 Å². The van der Waals surface area contributed by atoms with Crippen molar-refractivity contribution in [3.63, 3.8) is 0 Å². The minimum Gasteiger partial charge on any atom is -0.382 e. The van der Waals surface area contributed by atoms with Gasteiger partial charge in [0.15, 0.2) is 15.7 Å². The average Bonchev–Trinajstić information content (AvgIpc) is 3.23. The molecular formula is C13H16N4O2S2. The highest BCUT2D eigenvalue weighted by Crippen LogP contribution is 2.41. The van der Waals surface area contributed by atoms with Crippen LogP contribution < -0.4 is 11.1 Å². The van der Waals surface area contributed by atoms with E-state index in [4.69, 9.17) is 5.73 Å². The molecule has 2 heterocycles. The molecule has 1 aliphatic carbocycles. The Balaban J connectivity index is 1.82. The second kappa shape index (κ2) is 5.27. The maximum atomic E-state index is 12.4. The van der Waals surface area contributed by atoms with E-state index in [9.17, 15) is 8.42 Å². The molecule has 3 N–H and O–H groups in total. The SMILES string of the molecule is Cc1ccc(CNc2snc(N)c2S(=O)(=O)C2CC2)cn1. The standard InChI is InChI=1S/C13H16N4O2S2/c1-8-2-3-9(6-15-8)7-16-13-11(12(14)17-20-13)21(18,19)10-4-5-10/h2-3,6,10,16H,4-5,7H2,1H3,(H2,14,17). The van der Waals surface area contributed by atoms with Gasteiger partial charge < -0.3 is 11.1 Å². The lowest BCUT2D eigenvalue weighted by Gasteiger charge is -2.07. The fourth-order valence-corrected chi connectivity index (χ4v) is 4.89. The number of hydrogen-bond donors (Lipinski definition) is 2. The topological polar surface area (TPSA) is 98.0 Å². The molecule has 2 aromatic heterocycles. The van der Waals surface area contributed by atoms with E-state index < -0.39 is 9.84 Å². The molecule has 0 aromatic carbocycles. The molecule has 0 amide bonds. The lowest BCUT2D eigenvalue weighted by Crippen LogP contribution is -2.11. The Hall–Kier alpha value is -1.67. The van der Waals surface area contributed by atoms with Gasteiger partial charge in [-0.05, 0) is 42.9 Å². The molecule has 0 aliphatic heterocycles. The zero-order chi connectivity index (χ0) is 15.0. The fourth-order valence-electron chi connectivity index (χ4n) is 2.01. The summed E-state index contributed by atoms with van der Waals surface area (Å²) < 4.78 is 28.8. The van der Waals surface area contributed by atoms with Crippen molar-refractivity contribution in [3.8, 4) is 0 Å². The molecule has 6 nitrogen and oxygen atoms in total. The van der Waals surface area contributed by atoms with E-state index in [1.54, 1.807) is 6.20 Å². The van der Waals surface area contributed by atoms with Crippen LogP contribution in [0.15, 0.2) is 23.2 Å². The average molecular weight is 324 g/mol. The van der Waals surface area contributed by atoms with Crippen LogP contribution in [-0.2, 0) is 16.4 Å². The zero-order valence-corrected chi connectivity index (χ0v) is 13.2. The largest absolute Gasteiger partial charge is 0.382 e. The first-order valence-corrected chi connectivity index (χ1v) is 8.95. The summed E-state index contributed by atoms with van der Waals surface area (Å²) in [7, 11) is -3.35. The summed E-state index contributed by atoms with van der Waals surface area (Å²) in [6.45, 7) is 2.41. The van der Waals surface area contributed by atoms with Gasteiger partial charge in [0.05, 0.1) is 5.25 Å². The molecule has 2 aromatic rings. The Labute approximate surface area is 127 Å². The number of nitrogens with one attached hydrogen (secondary N) is 1. The van der Waals surface area contributed by atoms with Crippen LogP contribution in [0, 0.1) is 6.92 Å². The summed E-state index contributed by atoms with van der Waals surface area (Å²) in [5, 5.41) is 3.34. The Bertz CT molecular complexity index is 749. The van der Waals surface area contributed by atoms with Crippen LogP contribution in [-0.4, -0.2) is 23.0 Å². The third kappa shape index (κ3) is 2.86. The normalized spacial score (nSPS) is 15.1. The number of nitrogens with two attached hydrogens (primary N) is 1. The third-order valence-electron chi connectivity index (χ3n) is 3.35. The minimum atomic E-state index is -3.35. The second-order valence-electron chi connectivity index (χ2n) is 5.13. The number of hydrogen-bond acceptors (Lipinski definition) is 7. The molecule has 1 fully saturated rings. The van der Waals surface area contributed by atoms with Crippen molar-refractivity contribution < 1.29 is 8.42 Å². The number of sulfone groups is 1. The lowest BCUT2D eigenvalue weighted by atomic mass is 10.2. The van der Waals surface area contributed by atoms with E-state index in [0.29, 0.717) is 24.4 Å². The Morgan fingerprint density at radius 3 is 2.81 bits per heavy atom. The predicted octanol–water partition coefficient (Wildman–Crippen LogP) is 1.98. The molecule has 3 rings (SSSR count). The van der Waals surface area contributed by atoms with E-state index >= 15 is 0 Å². The summed E-state index contributed by atoms with van der Waals surface area (Å²) in [6, 6.07) is 3.87. The van der Waals surface area contributed by atoms with Gasteiger partial charge in [-0.3, -0.25) is 4.98 Å². The number of nitrogen functional groups attached to an aromatic ring is 1. The molecule has 0 saturated heterocycles. The summed E-state index contributed by atoms with van der Waals surface area (Å²) in [5.74, 6) is 0.0939. The van der Waals surface area contributed by atoms with E-state index in [2.05, 4.69) is 14.7 Å². The van der Waals surface area contributed by atoms with E-state index in [0.717, 1.165) is 22.8 Å². The van der Waals surface area contributed by atoms with Crippen LogP contribution in [0.5, 0.6) is 0 Å². The Kier molecular flexibility index (Phi) is 3.58. The van der Waals surface area contributed by atoms with Gasteiger partial charge in [-0.25, -0.2) is 8.42 Å². The molecule has 1 aliphatic rings. The van der Waals surface area contributed by atoms with Crippen LogP contribution >= 0.6 is 11.5 Å². The van der Waals surface area contributed by atoms with Crippen LogP contribution in [0.3, 0.4) is 0 Å². The minimum absolute atomic E-state index is 0.0939. The lowest BCUT2D eigenvalue weighted by molar-refractivity contribution is 0.595. The molecule has 0 radical (unpaired) electrons. The van der Waals surface area contributed by atoms with Gasteiger partial charge in [0.25, 0.3) is 0 Å². The summed E-state index contributed by atoms with van der Waals surface area (Å²) >= 11 is 1.08. The summed E-state index contributed by atoms with van der Waals surface area (Å²) in [6.07, 6.45) is 3.18. The quantitative estimate of drug-likeness (QED) is 0.872. The van der Waals surface area contributed by atoms with Gasteiger partial charge in [0.2, 0.25) is 0 Å². The Morgan fingerprint density at radius 2 is 2.19 bits per heavy atom. The summed E-state index contributed by atoms with van der Waals surface area (Å²) in [5.41, 5.74) is 7.67. The van der Waals surface area contributed by atoms with Crippen molar-refractivity contribution in [2.45, 2.75) is 36.5 Å². The second-order valence-corrected chi connectivity index (χ2v) is 8.07. The molecule has 112 valence electrons. The van der Waals surface area contributed by atoms with Gasteiger partial charge in [0, 0.05) is 18.4 Å². The molecule has 21 heavy (non-hydrogen) atoms. The van der Waals surface area contributed by atoms with Crippen molar-refractivity contribution in [2.75, 3.05) is 11.1 Å². The highest BCUT2D eigenvalue weighted by molar-refractivity contribution is 7.92. The van der Waals surface area contributed by atoms with Gasteiger partial charge in [-0.2, -0.15) is 4.37 Å². The van der Waals surface area contributed by atoms with Crippen molar-refractivity contribution in [3.05, 3.63) is 29.6 Å². The van der Waals surface area contributed by atoms with Crippen molar-refractivity contribution >= 4 is 32.2 Å². The van der Waals surface area contributed by atoms with Crippen molar-refractivity contribution in [1.29, 1.82) is 0 Å². The molecule has 0 bridgehead atoms. The fraction of sp³-hybridized carbons (Fsp3) is 0.385. The number of aryl methyl sites for hydroxylation is 1. The van der Waals surface area contributed by atoms with Crippen molar-refractivity contribution in [2.24, 2.45) is 0 Å². The molecule has 8 heteroatoms. The molecule has 1 saturated carbocycles. The molecule has 0 spiro atoms. The van der Waals surface area contributed by atoms with E-state index in [1.165, 1.54) is 0 Å². The number of nitrogens with zero attached hydrogens (tertiary/aromatic N) is 2. The number of anilines is 2. The zero-order valence-electron chi connectivity index (χ0n) is 11.5. The first kappa shape index (κ1) is 14.3. The first-order valence-electron chi connectivity index (χ1n) is 6.63. The van der Waals surface area contributed by atoms with Crippen LogP contribution in [0.2, 0.25) is 0 Å². The number of pyridine rings is 1. The van der Waals surface area contributed by atoms with Crippen LogP contribution in [0.1, 0.15) is 24.1 Å². The van der Waals surface area contributed by atoms with Crippen LogP contribution in [0.4, 0.5) is 10.8 Å². The monoisotopic (exact) mass is 324 g/mol. The maximum Gasteiger partial charge on any atom is 0.187 e. The molecule has 0 atom stereocenters. The molecular weight excluding hydrogens is 308 g/mol. The number of rotatable bonds is 5. The predicted molar refractivity (Wildman–Crippen MR) is 83.0 cm³/mol. The van der Waals surface area contributed by atoms with E-state index in [1.807, 2.05) is 19.1 Å². The van der Waals surface area contributed by atoms with Gasteiger partial charge in [-0.1, -0.05) is 6.07 Å². The third-order valence-corrected chi connectivity index (χ3v) is 6.63. The highest BCUT2D eigenvalue weighted by atomic mass is 32.2. The molecule has 0 unspecified atom stereocenters.